The smallest absolute Gasteiger partial charge is 0.106 e. The van der Waals surface area contributed by atoms with Gasteiger partial charge in [-0.1, -0.05) is 12.1 Å². The van der Waals surface area contributed by atoms with Gasteiger partial charge >= 0.3 is 0 Å². The van der Waals surface area contributed by atoms with Crippen LogP contribution in [-0.4, -0.2) is 22.3 Å². The number of fused-ring (bicyclic) bond motifs is 1. The molecule has 2 heterocycles. The number of nitrogens with zero attached hydrogens (tertiary/aromatic N) is 2. The van der Waals surface area contributed by atoms with Crippen LogP contribution in [0.2, 0.25) is 0 Å². The van der Waals surface area contributed by atoms with Crippen molar-refractivity contribution in [2.24, 2.45) is 0 Å². The van der Waals surface area contributed by atoms with E-state index in [9.17, 15) is 0 Å². The van der Waals surface area contributed by atoms with Gasteiger partial charge in [0.25, 0.3) is 0 Å². The molecule has 1 atom stereocenters. The van der Waals surface area contributed by atoms with Crippen molar-refractivity contribution in [2.75, 3.05) is 6.61 Å². The number of aryl methyl sites for hydroxylation is 1. The molecule has 3 rings (SSSR count). The van der Waals surface area contributed by atoms with Crippen molar-refractivity contribution in [3.8, 4) is 0 Å². The lowest BCUT2D eigenvalue weighted by molar-refractivity contribution is 0.00631. The third kappa shape index (κ3) is 2.07. The topological polar surface area (TPSA) is 27.1 Å². The summed E-state index contributed by atoms with van der Waals surface area (Å²) in [4.78, 5) is 4.59. The molecular weight excluding hydrogens is 212 g/mol. The van der Waals surface area contributed by atoms with Crippen molar-refractivity contribution in [3.05, 3.63) is 30.1 Å². The first-order valence-electron chi connectivity index (χ1n) is 6.38. The lowest BCUT2D eigenvalue weighted by atomic mass is 10.1. The normalized spacial score (nSPS) is 20.9. The summed E-state index contributed by atoms with van der Waals surface area (Å²) in [5.74, 6) is 1.08. The van der Waals surface area contributed by atoms with E-state index < -0.39 is 0 Å². The van der Waals surface area contributed by atoms with Crippen LogP contribution in [-0.2, 0) is 11.3 Å². The molecule has 1 aromatic heterocycles. The molecule has 1 saturated heterocycles. The average Bonchev–Trinajstić information content (AvgIpc) is 2.68. The molecule has 90 valence electrons. The Morgan fingerprint density at radius 3 is 3.06 bits per heavy atom. The first kappa shape index (κ1) is 10.8. The third-order valence-corrected chi connectivity index (χ3v) is 3.51. The highest BCUT2D eigenvalue weighted by molar-refractivity contribution is 5.75. The van der Waals surface area contributed by atoms with Crippen LogP contribution in [0.3, 0.4) is 0 Å². The molecule has 2 aromatic rings. The van der Waals surface area contributed by atoms with Gasteiger partial charge in [-0.3, -0.25) is 0 Å². The van der Waals surface area contributed by atoms with Crippen molar-refractivity contribution in [1.29, 1.82) is 0 Å². The summed E-state index contributed by atoms with van der Waals surface area (Å²) < 4.78 is 8.09. The zero-order valence-electron chi connectivity index (χ0n) is 10.2. The van der Waals surface area contributed by atoms with E-state index in [2.05, 4.69) is 34.7 Å². The molecule has 1 aromatic carbocycles. The molecule has 1 aliphatic rings. The number of imidazole rings is 1. The lowest BCUT2D eigenvalue weighted by Gasteiger charge is -2.23. The highest BCUT2D eigenvalue weighted by atomic mass is 16.5. The van der Waals surface area contributed by atoms with Gasteiger partial charge in [0.05, 0.1) is 23.7 Å². The van der Waals surface area contributed by atoms with Crippen LogP contribution in [0.25, 0.3) is 11.0 Å². The van der Waals surface area contributed by atoms with Crippen molar-refractivity contribution in [3.63, 3.8) is 0 Å². The standard InChI is InChI=1S/C14H18N2O/c1-11-15-13-7-2-3-8-14(13)16(11)10-12-6-4-5-9-17-12/h2-3,7-8,12H,4-6,9-10H2,1H3. The van der Waals surface area contributed by atoms with Crippen LogP contribution in [0.4, 0.5) is 0 Å². The van der Waals surface area contributed by atoms with Gasteiger partial charge in [-0.2, -0.15) is 0 Å². The summed E-state index contributed by atoms with van der Waals surface area (Å²) in [6.45, 7) is 3.92. The quantitative estimate of drug-likeness (QED) is 0.793. The highest BCUT2D eigenvalue weighted by Crippen LogP contribution is 2.20. The fourth-order valence-corrected chi connectivity index (χ4v) is 2.58. The predicted octanol–water partition coefficient (Wildman–Crippen LogP) is 2.91. The van der Waals surface area contributed by atoms with E-state index in [0.717, 1.165) is 24.5 Å². The predicted molar refractivity (Wildman–Crippen MR) is 68.1 cm³/mol. The molecule has 0 radical (unpaired) electrons. The highest BCUT2D eigenvalue weighted by Gasteiger charge is 2.16. The lowest BCUT2D eigenvalue weighted by Crippen LogP contribution is -2.24. The summed E-state index contributed by atoms with van der Waals surface area (Å²) in [6, 6.07) is 8.32. The molecule has 3 nitrogen and oxygen atoms in total. The van der Waals surface area contributed by atoms with Crippen LogP contribution >= 0.6 is 0 Å². The van der Waals surface area contributed by atoms with Crippen LogP contribution < -0.4 is 0 Å². The summed E-state index contributed by atoms with van der Waals surface area (Å²) in [7, 11) is 0. The summed E-state index contributed by atoms with van der Waals surface area (Å²) >= 11 is 0. The van der Waals surface area contributed by atoms with Crippen molar-refractivity contribution >= 4 is 11.0 Å². The van der Waals surface area contributed by atoms with Crippen LogP contribution in [0, 0.1) is 6.92 Å². The minimum absolute atomic E-state index is 0.361. The summed E-state index contributed by atoms with van der Waals surface area (Å²) in [5.41, 5.74) is 2.31. The second-order valence-electron chi connectivity index (χ2n) is 4.75. The number of hydrogen-bond acceptors (Lipinski definition) is 2. The Morgan fingerprint density at radius 2 is 2.24 bits per heavy atom. The van der Waals surface area contributed by atoms with Gasteiger partial charge in [0, 0.05) is 6.61 Å². The second kappa shape index (κ2) is 4.49. The third-order valence-electron chi connectivity index (χ3n) is 3.51. The Bertz CT molecular complexity index is 512. The largest absolute Gasteiger partial charge is 0.376 e. The van der Waals surface area contributed by atoms with Gasteiger partial charge in [0.2, 0.25) is 0 Å². The second-order valence-corrected chi connectivity index (χ2v) is 4.75. The number of aromatic nitrogens is 2. The molecule has 1 fully saturated rings. The number of rotatable bonds is 2. The molecule has 17 heavy (non-hydrogen) atoms. The van der Waals surface area contributed by atoms with E-state index in [-0.39, 0.29) is 0 Å². The van der Waals surface area contributed by atoms with Gasteiger partial charge in [0.1, 0.15) is 5.82 Å². The van der Waals surface area contributed by atoms with E-state index >= 15 is 0 Å². The average molecular weight is 230 g/mol. The number of hydrogen-bond donors (Lipinski definition) is 0. The molecular formula is C14H18N2O. The van der Waals surface area contributed by atoms with Gasteiger partial charge < -0.3 is 9.30 Å². The Labute approximate surface area is 101 Å². The van der Waals surface area contributed by atoms with E-state index in [1.54, 1.807) is 0 Å². The maximum atomic E-state index is 5.81. The Kier molecular flexibility index (Phi) is 2.85. The van der Waals surface area contributed by atoms with Gasteiger partial charge in [-0.15, -0.1) is 0 Å². The van der Waals surface area contributed by atoms with Crippen molar-refractivity contribution < 1.29 is 4.74 Å². The molecule has 0 aliphatic carbocycles. The number of benzene rings is 1. The molecule has 0 bridgehead atoms. The number of ether oxygens (including phenoxy) is 1. The zero-order valence-corrected chi connectivity index (χ0v) is 10.2. The maximum absolute atomic E-state index is 5.81. The van der Waals surface area contributed by atoms with E-state index in [0.29, 0.717) is 6.10 Å². The molecule has 1 aliphatic heterocycles. The van der Waals surface area contributed by atoms with E-state index in [4.69, 9.17) is 4.74 Å². The fourth-order valence-electron chi connectivity index (χ4n) is 2.58. The summed E-state index contributed by atoms with van der Waals surface area (Å²) in [6.07, 6.45) is 4.03. The minimum Gasteiger partial charge on any atom is -0.376 e. The van der Waals surface area contributed by atoms with Crippen LogP contribution in [0.5, 0.6) is 0 Å². The first-order valence-corrected chi connectivity index (χ1v) is 6.38. The Morgan fingerprint density at radius 1 is 1.35 bits per heavy atom. The van der Waals surface area contributed by atoms with Gasteiger partial charge in [-0.05, 0) is 38.3 Å². The van der Waals surface area contributed by atoms with Crippen LogP contribution in [0.15, 0.2) is 24.3 Å². The minimum atomic E-state index is 0.361. The molecule has 0 N–H and O–H groups in total. The van der Waals surface area contributed by atoms with Gasteiger partial charge in [-0.25, -0.2) is 4.98 Å². The fraction of sp³-hybridized carbons (Fsp3) is 0.500. The molecule has 0 saturated carbocycles. The Balaban J connectivity index is 1.90. The number of para-hydroxylation sites is 2. The van der Waals surface area contributed by atoms with Crippen LogP contribution in [0.1, 0.15) is 25.1 Å². The molecule has 3 heteroatoms. The summed E-state index contributed by atoms with van der Waals surface area (Å²) in [5, 5.41) is 0. The van der Waals surface area contributed by atoms with Crippen molar-refractivity contribution in [1.82, 2.24) is 9.55 Å². The van der Waals surface area contributed by atoms with E-state index in [1.165, 1.54) is 24.8 Å². The molecule has 1 unspecified atom stereocenters. The first-order chi connectivity index (χ1) is 8.34. The molecule has 0 amide bonds. The zero-order chi connectivity index (χ0) is 11.7. The van der Waals surface area contributed by atoms with Crippen molar-refractivity contribution in [2.45, 2.75) is 38.8 Å². The molecule has 0 spiro atoms. The monoisotopic (exact) mass is 230 g/mol. The van der Waals surface area contributed by atoms with E-state index in [1.807, 2.05) is 6.07 Å². The maximum Gasteiger partial charge on any atom is 0.106 e. The van der Waals surface area contributed by atoms with Gasteiger partial charge in [0.15, 0.2) is 0 Å². The SMILES string of the molecule is Cc1nc2ccccc2n1CC1CCCCO1. The Hall–Kier alpha value is -1.35.